The summed E-state index contributed by atoms with van der Waals surface area (Å²) in [5, 5.41) is 11.6. The maximum atomic E-state index is 13.7. The highest BCUT2D eigenvalue weighted by Gasteiger charge is 2.48. The van der Waals surface area contributed by atoms with Crippen molar-refractivity contribution in [2.75, 3.05) is 18.9 Å². The molecule has 0 radical (unpaired) electrons. The van der Waals surface area contributed by atoms with Crippen LogP contribution in [0.25, 0.3) is 0 Å². The van der Waals surface area contributed by atoms with E-state index in [4.69, 9.17) is 11.0 Å². The molecule has 0 saturated heterocycles. The van der Waals surface area contributed by atoms with Crippen LogP contribution in [0.3, 0.4) is 0 Å². The zero-order valence-electron chi connectivity index (χ0n) is 17.8. The normalized spacial score (nSPS) is 18.5. The lowest BCUT2D eigenvalue weighted by molar-refractivity contribution is -0.146. The Kier molecular flexibility index (Phi) is 7.00. The fourth-order valence-electron chi connectivity index (χ4n) is 3.89. The Morgan fingerprint density at radius 2 is 2.00 bits per heavy atom. The van der Waals surface area contributed by atoms with E-state index in [1.807, 2.05) is 0 Å². The van der Waals surface area contributed by atoms with E-state index >= 15 is 0 Å². The molecule has 0 spiro atoms. The summed E-state index contributed by atoms with van der Waals surface area (Å²) >= 11 is 0. The van der Waals surface area contributed by atoms with Gasteiger partial charge in [0, 0.05) is 36.3 Å². The molecule has 2 atom stereocenters. The summed E-state index contributed by atoms with van der Waals surface area (Å²) in [6.07, 6.45) is -2.58. The van der Waals surface area contributed by atoms with Crippen LogP contribution in [-0.4, -0.2) is 48.7 Å². The second kappa shape index (κ2) is 9.74. The Balaban J connectivity index is 2.17. The van der Waals surface area contributed by atoms with E-state index in [2.05, 4.69) is 10.3 Å². The van der Waals surface area contributed by atoms with E-state index in [0.717, 1.165) is 18.3 Å². The van der Waals surface area contributed by atoms with Gasteiger partial charge in [-0.25, -0.2) is 4.39 Å². The lowest BCUT2D eigenvalue weighted by Gasteiger charge is -2.42. The smallest absolute Gasteiger partial charge is 0.404 e. The van der Waals surface area contributed by atoms with Crippen LogP contribution in [0.2, 0.25) is 0 Å². The topological polar surface area (TPSA) is 112 Å². The molecule has 0 aromatic heterocycles. The molecule has 2 aromatic carbocycles. The van der Waals surface area contributed by atoms with Crippen molar-refractivity contribution in [3.8, 4) is 6.07 Å². The fourth-order valence-corrected chi connectivity index (χ4v) is 3.89. The standard InChI is InChI=1S/C23H19F4N5O2/c1-30-11-14(10-29)20-19(21(33)31-15-6-7-18(24)13(8-15)9-28)16-4-2-3-5-17(16)22(34)32(20)12-23(25,26)27/h2-8,10-11,19-20H,12,29H2,1H3,(H,31,33)/t19-,20+/m1/s1. The van der Waals surface area contributed by atoms with Crippen LogP contribution in [0.4, 0.5) is 23.2 Å². The van der Waals surface area contributed by atoms with Crippen molar-refractivity contribution in [3.05, 3.63) is 76.7 Å². The van der Waals surface area contributed by atoms with Gasteiger partial charge in [-0.3, -0.25) is 14.6 Å². The van der Waals surface area contributed by atoms with Gasteiger partial charge in [0.15, 0.2) is 0 Å². The number of nitrogens with two attached hydrogens (primary N) is 1. The number of carbonyl (C=O) groups is 2. The number of nitrogens with zero attached hydrogens (tertiary/aromatic N) is 3. The summed E-state index contributed by atoms with van der Waals surface area (Å²) in [5.74, 6) is -3.81. The molecule has 0 saturated carbocycles. The SMILES string of the molecule is CN=CC(=CN)[C@H]1[C@H](C(=O)Nc2ccc(F)c(C#N)c2)c2ccccc2C(=O)N1CC(F)(F)F. The van der Waals surface area contributed by atoms with Gasteiger partial charge < -0.3 is 16.0 Å². The summed E-state index contributed by atoms with van der Waals surface area (Å²) in [6.45, 7) is -1.63. The molecule has 11 heteroatoms. The summed E-state index contributed by atoms with van der Waals surface area (Å²) in [4.78, 5) is 30.9. The molecule has 7 nitrogen and oxygen atoms in total. The Morgan fingerprint density at radius 1 is 1.29 bits per heavy atom. The van der Waals surface area contributed by atoms with Crippen LogP contribution in [0.1, 0.15) is 27.4 Å². The monoisotopic (exact) mass is 473 g/mol. The van der Waals surface area contributed by atoms with Crippen molar-refractivity contribution < 1.29 is 27.2 Å². The number of benzene rings is 2. The molecule has 0 aliphatic carbocycles. The number of fused-ring (bicyclic) bond motifs is 1. The first-order valence-corrected chi connectivity index (χ1v) is 9.92. The largest absolute Gasteiger partial charge is 0.406 e. The van der Waals surface area contributed by atoms with Gasteiger partial charge in [0.25, 0.3) is 5.91 Å². The summed E-state index contributed by atoms with van der Waals surface area (Å²) in [7, 11) is 1.37. The highest BCUT2D eigenvalue weighted by Crippen LogP contribution is 2.38. The van der Waals surface area contributed by atoms with Crippen LogP contribution < -0.4 is 11.1 Å². The molecule has 1 aliphatic rings. The first-order chi connectivity index (χ1) is 16.1. The number of nitriles is 1. The molecular formula is C23H19F4N5O2. The zero-order valence-corrected chi connectivity index (χ0v) is 17.8. The van der Waals surface area contributed by atoms with Gasteiger partial charge in [0.05, 0.1) is 17.5 Å². The van der Waals surface area contributed by atoms with Crippen molar-refractivity contribution in [2.45, 2.75) is 18.1 Å². The number of carbonyl (C=O) groups excluding carboxylic acids is 2. The van der Waals surface area contributed by atoms with Gasteiger partial charge in [0.2, 0.25) is 5.91 Å². The lowest BCUT2D eigenvalue weighted by atomic mass is 9.79. The molecule has 1 aliphatic heterocycles. The first-order valence-electron chi connectivity index (χ1n) is 9.92. The third-order valence-electron chi connectivity index (χ3n) is 5.24. The highest BCUT2D eigenvalue weighted by atomic mass is 19.4. The third-order valence-corrected chi connectivity index (χ3v) is 5.24. The van der Waals surface area contributed by atoms with E-state index in [1.165, 1.54) is 37.5 Å². The van der Waals surface area contributed by atoms with Gasteiger partial charge in [-0.2, -0.15) is 18.4 Å². The van der Waals surface area contributed by atoms with Crippen molar-refractivity contribution in [3.63, 3.8) is 0 Å². The Bertz CT molecular complexity index is 1220. The third kappa shape index (κ3) is 4.91. The number of alkyl halides is 3. The first kappa shape index (κ1) is 24.4. The number of rotatable bonds is 5. The second-order valence-electron chi connectivity index (χ2n) is 7.41. The Hall–Kier alpha value is -4.20. The van der Waals surface area contributed by atoms with Gasteiger partial charge in [-0.15, -0.1) is 0 Å². The van der Waals surface area contributed by atoms with Crippen molar-refractivity contribution in [1.82, 2.24) is 4.90 Å². The molecule has 0 fully saturated rings. The van der Waals surface area contributed by atoms with Crippen molar-refractivity contribution >= 4 is 23.7 Å². The number of anilines is 1. The van der Waals surface area contributed by atoms with E-state index < -0.39 is 42.3 Å². The predicted molar refractivity (Wildman–Crippen MR) is 116 cm³/mol. The Morgan fingerprint density at radius 3 is 2.62 bits per heavy atom. The fraction of sp³-hybridized carbons (Fsp3) is 0.217. The van der Waals surface area contributed by atoms with Crippen LogP contribution in [0.15, 0.2) is 59.2 Å². The number of amides is 2. The van der Waals surface area contributed by atoms with E-state index in [-0.39, 0.29) is 28.0 Å². The zero-order chi connectivity index (χ0) is 25.0. The van der Waals surface area contributed by atoms with E-state index in [1.54, 1.807) is 12.1 Å². The highest BCUT2D eigenvalue weighted by molar-refractivity contribution is 6.06. The molecule has 34 heavy (non-hydrogen) atoms. The predicted octanol–water partition coefficient (Wildman–Crippen LogP) is 3.35. The number of hydrogen-bond donors (Lipinski definition) is 2. The molecular weight excluding hydrogens is 454 g/mol. The van der Waals surface area contributed by atoms with Gasteiger partial charge in [-0.1, -0.05) is 18.2 Å². The number of aliphatic imine (C=N–C) groups is 1. The average molecular weight is 473 g/mol. The van der Waals surface area contributed by atoms with Gasteiger partial charge in [0.1, 0.15) is 18.4 Å². The minimum atomic E-state index is -4.76. The van der Waals surface area contributed by atoms with Gasteiger partial charge >= 0.3 is 6.18 Å². The van der Waals surface area contributed by atoms with Crippen LogP contribution >= 0.6 is 0 Å². The maximum Gasteiger partial charge on any atom is 0.406 e. The summed E-state index contributed by atoms with van der Waals surface area (Å²) in [5.41, 5.74) is 5.55. The van der Waals surface area contributed by atoms with E-state index in [9.17, 15) is 27.2 Å². The molecule has 0 unspecified atom stereocenters. The molecule has 3 N–H and O–H groups in total. The van der Waals surface area contributed by atoms with E-state index in [0.29, 0.717) is 4.90 Å². The minimum Gasteiger partial charge on any atom is -0.404 e. The second-order valence-corrected chi connectivity index (χ2v) is 7.41. The minimum absolute atomic E-state index is 0.0200. The van der Waals surface area contributed by atoms with Crippen LogP contribution in [0, 0.1) is 17.1 Å². The average Bonchev–Trinajstić information content (AvgIpc) is 2.79. The van der Waals surface area contributed by atoms with Crippen molar-refractivity contribution in [2.24, 2.45) is 10.7 Å². The molecule has 176 valence electrons. The molecule has 0 bridgehead atoms. The molecule has 3 rings (SSSR count). The Labute approximate surface area is 192 Å². The van der Waals surface area contributed by atoms with Crippen LogP contribution in [-0.2, 0) is 4.79 Å². The van der Waals surface area contributed by atoms with Gasteiger partial charge in [-0.05, 0) is 29.8 Å². The summed E-state index contributed by atoms with van der Waals surface area (Å²) < 4.78 is 54.1. The number of nitrogens with one attached hydrogen (secondary N) is 1. The molecule has 1 heterocycles. The number of halogens is 4. The van der Waals surface area contributed by atoms with Crippen LogP contribution in [0.5, 0.6) is 0 Å². The quantitative estimate of drug-likeness (QED) is 0.512. The number of hydrogen-bond acceptors (Lipinski definition) is 5. The lowest BCUT2D eigenvalue weighted by Crippen LogP contribution is -2.55. The molecule has 2 amide bonds. The van der Waals surface area contributed by atoms with Crippen molar-refractivity contribution in [1.29, 1.82) is 5.26 Å². The maximum absolute atomic E-state index is 13.7. The summed E-state index contributed by atoms with van der Waals surface area (Å²) in [6, 6.07) is 9.34. The molecule has 2 aromatic rings.